The second-order valence-electron chi connectivity index (χ2n) is 6.11. The van der Waals surface area contributed by atoms with Gasteiger partial charge in [-0.05, 0) is 46.0 Å². The van der Waals surface area contributed by atoms with E-state index in [2.05, 4.69) is 20.2 Å². The average Bonchev–Trinajstić information content (AvgIpc) is 3.29. The first kappa shape index (κ1) is 14.6. The Morgan fingerprint density at radius 2 is 2.14 bits per heavy atom. The van der Waals surface area contributed by atoms with Crippen LogP contribution in [0.25, 0.3) is 0 Å². The second kappa shape index (κ2) is 6.60. The molecule has 0 amide bonds. The van der Waals surface area contributed by atoms with Gasteiger partial charge in [0.15, 0.2) is 0 Å². The van der Waals surface area contributed by atoms with Crippen LogP contribution in [-0.4, -0.2) is 41.7 Å². The molecule has 21 heavy (non-hydrogen) atoms. The molecule has 0 aromatic carbocycles. The Bertz CT molecular complexity index is 475. The highest BCUT2D eigenvalue weighted by atomic mass is 16.5. The molecule has 2 fully saturated rings. The van der Waals surface area contributed by atoms with Crippen LogP contribution in [0.5, 0.6) is 5.88 Å². The minimum atomic E-state index is 0.510. The van der Waals surface area contributed by atoms with Crippen molar-refractivity contribution in [2.75, 3.05) is 24.6 Å². The average molecular weight is 290 g/mol. The Morgan fingerprint density at radius 3 is 2.90 bits per heavy atom. The first-order chi connectivity index (χ1) is 10.3. The molecule has 2 aliphatic rings. The molecule has 1 unspecified atom stereocenters. The van der Waals surface area contributed by atoms with Crippen molar-refractivity contribution in [3.63, 3.8) is 0 Å². The maximum Gasteiger partial charge on any atom is 0.229 e. The van der Waals surface area contributed by atoms with E-state index in [4.69, 9.17) is 4.74 Å². The third-order valence-electron chi connectivity index (χ3n) is 4.21. The topological polar surface area (TPSA) is 50.3 Å². The van der Waals surface area contributed by atoms with E-state index in [9.17, 15) is 0 Å². The van der Waals surface area contributed by atoms with Crippen molar-refractivity contribution in [1.29, 1.82) is 0 Å². The standard InChI is InChI=1S/C16H26N4O/c1-3-21-15-10-12(2)18-16(19-15)20-9-5-4-6-14(20)11-17-13-7-8-13/h10,13-14,17H,3-9,11H2,1-2H3. The zero-order chi connectivity index (χ0) is 14.7. The van der Waals surface area contributed by atoms with Crippen molar-refractivity contribution in [3.8, 4) is 5.88 Å². The lowest BCUT2D eigenvalue weighted by molar-refractivity contribution is 0.324. The fourth-order valence-electron chi connectivity index (χ4n) is 2.94. The SMILES string of the molecule is CCOc1cc(C)nc(N2CCCCC2CNC2CC2)n1. The molecule has 1 aromatic heterocycles. The molecular formula is C16H26N4O. The van der Waals surface area contributed by atoms with E-state index >= 15 is 0 Å². The minimum absolute atomic E-state index is 0.510. The maximum atomic E-state index is 5.57. The maximum absolute atomic E-state index is 5.57. The molecule has 2 heterocycles. The monoisotopic (exact) mass is 290 g/mol. The van der Waals surface area contributed by atoms with Gasteiger partial charge in [0, 0.05) is 36.9 Å². The number of nitrogens with one attached hydrogen (secondary N) is 1. The summed E-state index contributed by atoms with van der Waals surface area (Å²) in [6.07, 6.45) is 6.42. The number of piperidine rings is 1. The lowest BCUT2D eigenvalue weighted by Crippen LogP contribution is -2.47. The molecule has 1 saturated carbocycles. The Morgan fingerprint density at radius 1 is 1.29 bits per heavy atom. The highest BCUT2D eigenvalue weighted by Crippen LogP contribution is 2.25. The van der Waals surface area contributed by atoms with Gasteiger partial charge in [0.25, 0.3) is 0 Å². The van der Waals surface area contributed by atoms with E-state index in [0.717, 1.165) is 30.8 Å². The molecule has 1 N–H and O–H groups in total. The van der Waals surface area contributed by atoms with Crippen LogP contribution in [0.4, 0.5) is 5.95 Å². The summed E-state index contributed by atoms with van der Waals surface area (Å²) in [5.74, 6) is 1.53. The molecule has 1 aliphatic carbocycles. The van der Waals surface area contributed by atoms with Gasteiger partial charge in [-0.15, -0.1) is 0 Å². The number of aryl methyl sites for hydroxylation is 1. The van der Waals surface area contributed by atoms with Crippen molar-refractivity contribution in [1.82, 2.24) is 15.3 Å². The van der Waals surface area contributed by atoms with E-state index in [1.54, 1.807) is 0 Å². The van der Waals surface area contributed by atoms with Gasteiger partial charge in [-0.25, -0.2) is 4.98 Å². The molecule has 5 heteroatoms. The highest BCUT2D eigenvalue weighted by Gasteiger charge is 2.28. The fraction of sp³-hybridized carbons (Fsp3) is 0.750. The summed E-state index contributed by atoms with van der Waals surface area (Å²) < 4.78 is 5.57. The predicted molar refractivity (Wildman–Crippen MR) is 83.9 cm³/mol. The molecule has 0 bridgehead atoms. The fourth-order valence-corrected chi connectivity index (χ4v) is 2.94. The molecule has 5 nitrogen and oxygen atoms in total. The first-order valence-corrected chi connectivity index (χ1v) is 8.24. The number of rotatable bonds is 6. The molecule has 3 rings (SSSR count). The van der Waals surface area contributed by atoms with Crippen molar-refractivity contribution >= 4 is 5.95 Å². The number of hydrogen-bond acceptors (Lipinski definition) is 5. The Balaban J connectivity index is 1.74. The number of hydrogen-bond donors (Lipinski definition) is 1. The van der Waals surface area contributed by atoms with Crippen molar-refractivity contribution in [2.45, 2.75) is 58.0 Å². The molecule has 1 aliphatic heterocycles. The summed E-state index contributed by atoms with van der Waals surface area (Å²) in [7, 11) is 0. The summed E-state index contributed by atoms with van der Waals surface area (Å²) in [4.78, 5) is 11.6. The van der Waals surface area contributed by atoms with Gasteiger partial charge in [-0.2, -0.15) is 4.98 Å². The zero-order valence-electron chi connectivity index (χ0n) is 13.1. The summed E-state index contributed by atoms with van der Waals surface area (Å²) in [6.45, 7) is 6.73. The summed E-state index contributed by atoms with van der Waals surface area (Å²) in [6, 6.07) is 3.18. The summed E-state index contributed by atoms with van der Waals surface area (Å²) in [5.41, 5.74) is 0.975. The van der Waals surface area contributed by atoms with E-state index in [1.807, 2.05) is 19.9 Å². The quantitative estimate of drug-likeness (QED) is 0.871. The summed E-state index contributed by atoms with van der Waals surface area (Å²) in [5, 5.41) is 3.65. The number of aromatic nitrogens is 2. The second-order valence-corrected chi connectivity index (χ2v) is 6.11. The number of ether oxygens (including phenoxy) is 1. The molecular weight excluding hydrogens is 264 g/mol. The summed E-state index contributed by atoms with van der Waals surface area (Å²) >= 11 is 0. The van der Waals surface area contributed by atoms with Gasteiger partial charge in [0.2, 0.25) is 11.8 Å². The van der Waals surface area contributed by atoms with Gasteiger partial charge in [0.1, 0.15) is 0 Å². The number of anilines is 1. The molecule has 1 saturated heterocycles. The van der Waals surface area contributed by atoms with Crippen molar-refractivity contribution in [3.05, 3.63) is 11.8 Å². The van der Waals surface area contributed by atoms with Crippen LogP contribution >= 0.6 is 0 Å². The van der Waals surface area contributed by atoms with E-state index in [0.29, 0.717) is 18.5 Å². The van der Waals surface area contributed by atoms with Crippen LogP contribution in [-0.2, 0) is 0 Å². The van der Waals surface area contributed by atoms with E-state index in [-0.39, 0.29) is 0 Å². The highest BCUT2D eigenvalue weighted by molar-refractivity contribution is 5.36. The van der Waals surface area contributed by atoms with E-state index in [1.165, 1.54) is 32.1 Å². The predicted octanol–water partition coefficient (Wildman–Crippen LogP) is 2.29. The largest absolute Gasteiger partial charge is 0.478 e. The van der Waals surface area contributed by atoms with Gasteiger partial charge in [-0.3, -0.25) is 0 Å². The third kappa shape index (κ3) is 3.84. The van der Waals surface area contributed by atoms with Gasteiger partial charge >= 0.3 is 0 Å². The molecule has 116 valence electrons. The normalized spacial score (nSPS) is 22.4. The van der Waals surface area contributed by atoms with Crippen LogP contribution in [0.1, 0.15) is 44.7 Å². The molecule has 0 spiro atoms. The third-order valence-corrected chi connectivity index (χ3v) is 4.21. The van der Waals surface area contributed by atoms with Crippen LogP contribution < -0.4 is 15.0 Å². The van der Waals surface area contributed by atoms with Crippen molar-refractivity contribution < 1.29 is 4.74 Å². The lowest BCUT2D eigenvalue weighted by Gasteiger charge is -2.36. The van der Waals surface area contributed by atoms with Crippen molar-refractivity contribution in [2.24, 2.45) is 0 Å². The van der Waals surface area contributed by atoms with Crippen LogP contribution in [0.3, 0.4) is 0 Å². The Hall–Kier alpha value is -1.36. The van der Waals surface area contributed by atoms with Gasteiger partial charge in [0.05, 0.1) is 6.61 Å². The van der Waals surface area contributed by atoms with Gasteiger partial charge in [-0.1, -0.05) is 0 Å². The smallest absolute Gasteiger partial charge is 0.229 e. The van der Waals surface area contributed by atoms with Crippen LogP contribution in [0.2, 0.25) is 0 Å². The lowest BCUT2D eigenvalue weighted by atomic mass is 10.0. The first-order valence-electron chi connectivity index (χ1n) is 8.24. The zero-order valence-corrected chi connectivity index (χ0v) is 13.1. The Labute approximate surface area is 127 Å². The van der Waals surface area contributed by atoms with Gasteiger partial charge < -0.3 is 15.0 Å². The van der Waals surface area contributed by atoms with Crippen LogP contribution in [0, 0.1) is 6.92 Å². The number of nitrogens with zero attached hydrogens (tertiary/aromatic N) is 3. The molecule has 1 atom stereocenters. The van der Waals surface area contributed by atoms with Crippen LogP contribution in [0.15, 0.2) is 6.07 Å². The molecule has 1 aromatic rings. The Kier molecular flexibility index (Phi) is 4.58. The molecule has 0 radical (unpaired) electrons. The van der Waals surface area contributed by atoms with E-state index < -0.39 is 0 Å². The minimum Gasteiger partial charge on any atom is -0.478 e.